The first kappa shape index (κ1) is 18.0. The van der Waals surface area contributed by atoms with Crippen LogP contribution in [0, 0.1) is 17.4 Å². The molecule has 0 N–H and O–H groups in total. The maximum Gasteiger partial charge on any atom is 0.208 e. The molecule has 1 aliphatic heterocycles. The molecule has 0 bridgehead atoms. The number of ketones is 1. The third-order valence-corrected chi connectivity index (χ3v) is 5.29. The minimum atomic E-state index is 0.307. The van der Waals surface area contributed by atoms with Crippen molar-refractivity contribution in [2.75, 3.05) is 19.3 Å². The van der Waals surface area contributed by atoms with E-state index in [1.165, 1.54) is 11.8 Å². The van der Waals surface area contributed by atoms with E-state index in [1.807, 2.05) is 36.7 Å². The summed E-state index contributed by atoms with van der Waals surface area (Å²) in [7, 11) is 0. The largest absolute Gasteiger partial charge is 0.351 e. The predicted octanol–water partition coefficient (Wildman–Crippen LogP) is 3.86. The van der Waals surface area contributed by atoms with Crippen LogP contribution in [0.15, 0.2) is 33.7 Å². The third kappa shape index (κ3) is 5.67. The van der Waals surface area contributed by atoms with Crippen LogP contribution in [0.4, 0.5) is 0 Å². The summed E-state index contributed by atoms with van der Waals surface area (Å²) >= 11 is 4.91. The van der Waals surface area contributed by atoms with E-state index in [0.29, 0.717) is 24.5 Å². The lowest BCUT2D eigenvalue weighted by Gasteiger charge is -2.32. The van der Waals surface area contributed by atoms with Gasteiger partial charge in [-0.25, -0.2) is 0 Å². The molecule has 1 fully saturated rings. The molecule has 0 aliphatic carbocycles. The van der Waals surface area contributed by atoms with Gasteiger partial charge < -0.3 is 4.90 Å². The van der Waals surface area contributed by atoms with Crippen LogP contribution in [0.5, 0.6) is 0 Å². The quantitative estimate of drug-likeness (QED) is 0.442. The molecule has 0 saturated carbocycles. The van der Waals surface area contributed by atoms with Crippen molar-refractivity contribution in [1.82, 2.24) is 4.90 Å². The van der Waals surface area contributed by atoms with E-state index in [9.17, 15) is 4.79 Å². The van der Waals surface area contributed by atoms with Crippen LogP contribution in [0.2, 0.25) is 0 Å². The normalized spacial score (nSPS) is 16.2. The molecule has 6 heteroatoms. The molecule has 0 radical (unpaired) electrons. The number of nitrogens with zero attached hydrogens (tertiary/aromatic N) is 3. The zero-order valence-corrected chi connectivity index (χ0v) is 15.6. The second-order valence-corrected chi connectivity index (χ2v) is 7.36. The molecule has 1 aliphatic rings. The SMILES string of the molecule is CSC(=NC#N)N1CCC(CC(=O)Cc2ccc(Br)cc2)CC1. The fraction of sp³-hybridized carbons (Fsp3) is 0.471. The minimum absolute atomic E-state index is 0.307. The van der Waals surface area contributed by atoms with Crippen molar-refractivity contribution in [3.63, 3.8) is 0 Å². The number of amidine groups is 1. The van der Waals surface area contributed by atoms with Crippen LogP contribution >= 0.6 is 27.7 Å². The molecule has 0 aromatic heterocycles. The number of Topliss-reactive ketones (excluding diaryl/α,β-unsaturated/α-hetero) is 1. The van der Waals surface area contributed by atoms with Gasteiger partial charge in [0.15, 0.2) is 5.17 Å². The highest BCUT2D eigenvalue weighted by atomic mass is 79.9. The van der Waals surface area contributed by atoms with Gasteiger partial charge in [0.25, 0.3) is 0 Å². The van der Waals surface area contributed by atoms with E-state index >= 15 is 0 Å². The zero-order valence-electron chi connectivity index (χ0n) is 13.2. The molecule has 1 aromatic carbocycles. The number of carbonyl (C=O) groups is 1. The first-order chi connectivity index (χ1) is 11.1. The Morgan fingerprint density at radius 1 is 1.39 bits per heavy atom. The smallest absolute Gasteiger partial charge is 0.208 e. The van der Waals surface area contributed by atoms with Crippen LogP contribution in [-0.2, 0) is 11.2 Å². The summed E-state index contributed by atoms with van der Waals surface area (Å²) in [6.07, 6.45) is 6.92. The molecule has 122 valence electrons. The number of likely N-dealkylation sites (tertiary alicyclic amines) is 1. The van der Waals surface area contributed by atoms with Crippen molar-refractivity contribution in [2.45, 2.75) is 25.7 Å². The Kier molecular flexibility index (Phi) is 7.13. The third-order valence-electron chi connectivity index (χ3n) is 4.04. The van der Waals surface area contributed by atoms with Crippen molar-refractivity contribution >= 4 is 38.6 Å². The Labute approximate surface area is 150 Å². The maximum absolute atomic E-state index is 12.2. The highest BCUT2D eigenvalue weighted by Crippen LogP contribution is 2.23. The first-order valence-corrected chi connectivity index (χ1v) is 9.66. The molecule has 2 rings (SSSR count). The van der Waals surface area contributed by atoms with Gasteiger partial charge in [-0.1, -0.05) is 39.8 Å². The number of halogens is 1. The van der Waals surface area contributed by atoms with Crippen LogP contribution in [0.1, 0.15) is 24.8 Å². The van der Waals surface area contributed by atoms with E-state index in [0.717, 1.165) is 41.1 Å². The first-order valence-electron chi connectivity index (χ1n) is 7.64. The van der Waals surface area contributed by atoms with Crippen LogP contribution in [0.3, 0.4) is 0 Å². The van der Waals surface area contributed by atoms with E-state index < -0.39 is 0 Å². The van der Waals surface area contributed by atoms with Gasteiger partial charge >= 0.3 is 0 Å². The number of hydrogen-bond acceptors (Lipinski definition) is 4. The summed E-state index contributed by atoms with van der Waals surface area (Å²) in [5, 5.41) is 9.49. The van der Waals surface area contributed by atoms with Crippen molar-refractivity contribution in [2.24, 2.45) is 10.9 Å². The second kappa shape index (κ2) is 9.09. The fourth-order valence-corrected chi connectivity index (χ4v) is 3.68. The number of thioether (sulfide) groups is 1. The summed E-state index contributed by atoms with van der Waals surface area (Å²) in [6, 6.07) is 7.93. The zero-order chi connectivity index (χ0) is 16.7. The van der Waals surface area contributed by atoms with E-state index in [-0.39, 0.29) is 0 Å². The molecule has 1 heterocycles. The minimum Gasteiger partial charge on any atom is -0.351 e. The van der Waals surface area contributed by atoms with Gasteiger partial charge in [-0.15, -0.1) is 4.99 Å². The Hall–Kier alpha value is -1.32. The average Bonchev–Trinajstić information content (AvgIpc) is 2.55. The molecule has 23 heavy (non-hydrogen) atoms. The maximum atomic E-state index is 12.2. The number of piperidine rings is 1. The van der Waals surface area contributed by atoms with Gasteiger partial charge in [0.05, 0.1) is 0 Å². The van der Waals surface area contributed by atoms with Crippen LogP contribution in [-0.4, -0.2) is 35.2 Å². The summed E-state index contributed by atoms with van der Waals surface area (Å²) < 4.78 is 1.03. The molecule has 4 nitrogen and oxygen atoms in total. The monoisotopic (exact) mass is 393 g/mol. The molecule has 0 spiro atoms. The molecule has 0 unspecified atom stereocenters. The lowest BCUT2D eigenvalue weighted by molar-refractivity contribution is -0.119. The molecule has 0 amide bonds. The Bertz CT molecular complexity index is 601. The number of carbonyl (C=O) groups excluding carboxylic acids is 1. The Balaban J connectivity index is 1.80. The average molecular weight is 394 g/mol. The van der Waals surface area contributed by atoms with Gasteiger partial charge in [0.2, 0.25) is 6.19 Å². The van der Waals surface area contributed by atoms with Gasteiger partial charge in [-0.2, -0.15) is 5.26 Å². The van der Waals surface area contributed by atoms with E-state index in [4.69, 9.17) is 5.26 Å². The van der Waals surface area contributed by atoms with E-state index in [1.54, 1.807) is 0 Å². The van der Waals surface area contributed by atoms with Crippen molar-refractivity contribution in [1.29, 1.82) is 5.26 Å². The van der Waals surface area contributed by atoms with Crippen molar-refractivity contribution in [3.8, 4) is 6.19 Å². The molecule has 0 atom stereocenters. The standard InChI is InChI=1S/C17H20BrN3OS/c1-23-17(20-12-19)21-8-6-14(7-9-21)11-16(22)10-13-2-4-15(18)5-3-13/h2-5,14H,6-11H2,1H3. The Morgan fingerprint density at radius 2 is 2.04 bits per heavy atom. The lowest BCUT2D eigenvalue weighted by Crippen LogP contribution is -2.37. The summed E-state index contributed by atoms with van der Waals surface area (Å²) in [4.78, 5) is 18.2. The van der Waals surface area contributed by atoms with Crippen molar-refractivity contribution < 1.29 is 4.79 Å². The van der Waals surface area contributed by atoms with Gasteiger partial charge in [0, 0.05) is 30.4 Å². The number of aliphatic imine (C=N–C) groups is 1. The summed E-state index contributed by atoms with van der Waals surface area (Å²) in [5.74, 6) is 0.751. The summed E-state index contributed by atoms with van der Waals surface area (Å²) in [5.41, 5.74) is 1.07. The van der Waals surface area contributed by atoms with Crippen LogP contribution in [0.25, 0.3) is 0 Å². The fourth-order valence-electron chi connectivity index (χ4n) is 2.84. The highest BCUT2D eigenvalue weighted by molar-refractivity contribution is 9.10. The Morgan fingerprint density at radius 3 is 2.61 bits per heavy atom. The molecule has 1 saturated heterocycles. The van der Waals surface area contributed by atoms with E-state index in [2.05, 4.69) is 25.8 Å². The predicted molar refractivity (Wildman–Crippen MR) is 98.3 cm³/mol. The number of rotatable bonds is 4. The highest BCUT2D eigenvalue weighted by Gasteiger charge is 2.23. The van der Waals surface area contributed by atoms with Crippen molar-refractivity contribution in [3.05, 3.63) is 34.3 Å². The lowest BCUT2D eigenvalue weighted by atomic mass is 9.90. The van der Waals surface area contributed by atoms with Gasteiger partial charge in [0.1, 0.15) is 5.78 Å². The number of nitriles is 1. The number of hydrogen-bond donors (Lipinski definition) is 0. The van der Waals surface area contributed by atoms with Crippen LogP contribution < -0.4 is 0 Å². The second-order valence-electron chi connectivity index (χ2n) is 5.67. The van der Waals surface area contributed by atoms with Gasteiger partial charge in [-0.3, -0.25) is 4.79 Å². The van der Waals surface area contributed by atoms with Gasteiger partial charge in [-0.05, 0) is 42.7 Å². The molecular weight excluding hydrogens is 374 g/mol. The molecular formula is C17H20BrN3OS. The topological polar surface area (TPSA) is 56.5 Å². The summed E-state index contributed by atoms with van der Waals surface area (Å²) in [6.45, 7) is 1.75. The number of benzene rings is 1. The molecule has 1 aromatic rings.